The van der Waals surface area contributed by atoms with E-state index in [-0.39, 0.29) is 29.5 Å². The van der Waals surface area contributed by atoms with Crippen LogP contribution in [0.15, 0.2) is 41.3 Å². The summed E-state index contributed by atoms with van der Waals surface area (Å²) >= 11 is 7.45. The van der Waals surface area contributed by atoms with E-state index >= 15 is 0 Å². The van der Waals surface area contributed by atoms with E-state index < -0.39 is 0 Å². The molecular weight excluding hydrogens is 410 g/mol. The number of nitrogens with zero attached hydrogens (tertiary/aromatic N) is 1. The van der Waals surface area contributed by atoms with Gasteiger partial charge in [0, 0.05) is 27.7 Å². The zero-order valence-corrected chi connectivity index (χ0v) is 18.0. The van der Waals surface area contributed by atoms with Gasteiger partial charge in [-0.1, -0.05) is 17.7 Å². The van der Waals surface area contributed by atoms with E-state index in [2.05, 4.69) is 10.6 Å². The van der Waals surface area contributed by atoms with Crippen molar-refractivity contribution in [2.24, 2.45) is 0 Å². The molecule has 1 aliphatic rings. The summed E-state index contributed by atoms with van der Waals surface area (Å²) in [5.74, 6) is -0.664. The average molecular weight is 432 g/mol. The number of hydrogen-bond acceptors (Lipinski definition) is 4. The SMILES string of the molecule is CCN(CC(=O)Nc1cc(Cl)ccc1C)C(=O)c1ccc2c(c1)NC(=O)[C@@H](C)S2. The van der Waals surface area contributed by atoms with Gasteiger partial charge in [-0.25, -0.2) is 0 Å². The van der Waals surface area contributed by atoms with Crippen molar-refractivity contribution in [3.05, 3.63) is 52.5 Å². The molecule has 3 amide bonds. The molecule has 0 unspecified atom stereocenters. The summed E-state index contributed by atoms with van der Waals surface area (Å²) in [5.41, 5.74) is 2.55. The molecule has 29 heavy (non-hydrogen) atoms. The maximum absolute atomic E-state index is 12.9. The van der Waals surface area contributed by atoms with Crippen molar-refractivity contribution >= 4 is 52.5 Å². The first-order chi connectivity index (χ1) is 13.8. The number of likely N-dealkylation sites (N-methyl/N-ethyl adjacent to an activating group) is 1. The van der Waals surface area contributed by atoms with Crippen LogP contribution in [-0.4, -0.2) is 41.0 Å². The van der Waals surface area contributed by atoms with E-state index in [4.69, 9.17) is 11.6 Å². The Kier molecular flexibility index (Phi) is 6.49. The molecule has 2 N–H and O–H groups in total. The Labute approximate surface area is 179 Å². The van der Waals surface area contributed by atoms with Crippen LogP contribution >= 0.6 is 23.4 Å². The maximum atomic E-state index is 12.9. The molecule has 0 saturated carbocycles. The predicted molar refractivity (Wildman–Crippen MR) is 117 cm³/mol. The Balaban J connectivity index is 1.72. The second-order valence-electron chi connectivity index (χ2n) is 6.79. The minimum Gasteiger partial charge on any atom is -0.330 e. The van der Waals surface area contributed by atoms with Crippen molar-refractivity contribution in [3.8, 4) is 0 Å². The van der Waals surface area contributed by atoms with Crippen molar-refractivity contribution < 1.29 is 14.4 Å². The third-order valence-electron chi connectivity index (χ3n) is 4.63. The number of carbonyl (C=O) groups is 3. The van der Waals surface area contributed by atoms with Gasteiger partial charge in [0.05, 0.1) is 10.9 Å². The lowest BCUT2D eigenvalue weighted by atomic mass is 10.1. The molecular formula is C21H22ClN3O3S. The number of rotatable bonds is 5. The highest BCUT2D eigenvalue weighted by Crippen LogP contribution is 2.36. The summed E-state index contributed by atoms with van der Waals surface area (Å²) in [6.07, 6.45) is 0. The minimum absolute atomic E-state index is 0.0868. The average Bonchev–Trinajstić information content (AvgIpc) is 2.69. The molecule has 1 atom stereocenters. The Bertz CT molecular complexity index is 980. The number of nitrogens with one attached hydrogen (secondary N) is 2. The number of fused-ring (bicyclic) bond motifs is 1. The standard InChI is InChI=1S/C21H22ClN3O3S/c1-4-25(11-19(26)23-16-10-15(22)7-5-12(16)2)21(28)14-6-8-18-17(9-14)24-20(27)13(3)29-18/h5-10,13H,4,11H2,1-3H3,(H,23,26)(H,24,27)/t13-/m1/s1. The van der Waals surface area contributed by atoms with Crippen LogP contribution in [0.25, 0.3) is 0 Å². The summed E-state index contributed by atoms with van der Waals surface area (Å²) in [6, 6.07) is 10.5. The molecule has 6 nitrogen and oxygen atoms in total. The molecule has 0 radical (unpaired) electrons. The van der Waals surface area contributed by atoms with Crippen molar-refractivity contribution in [1.82, 2.24) is 4.90 Å². The number of hydrogen-bond donors (Lipinski definition) is 2. The first kappa shape index (κ1) is 21.2. The van der Waals surface area contributed by atoms with E-state index in [9.17, 15) is 14.4 Å². The second-order valence-corrected chi connectivity index (χ2v) is 8.61. The third kappa shape index (κ3) is 4.92. The number of aryl methyl sites for hydroxylation is 1. The quantitative estimate of drug-likeness (QED) is 0.744. The summed E-state index contributed by atoms with van der Waals surface area (Å²) in [4.78, 5) is 39.7. The van der Waals surface area contributed by atoms with Gasteiger partial charge in [-0.3, -0.25) is 14.4 Å². The van der Waals surface area contributed by atoms with Gasteiger partial charge in [-0.15, -0.1) is 11.8 Å². The molecule has 0 saturated heterocycles. The van der Waals surface area contributed by atoms with Crippen LogP contribution in [0.5, 0.6) is 0 Å². The van der Waals surface area contributed by atoms with Crippen LogP contribution in [0.2, 0.25) is 5.02 Å². The Hall–Kier alpha value is -2.51. The molecule has 152 valence electrons. The Morgan fingerprint density at radius 3 is 2.72 bits per heavy atom. The molecule has 8 heteroatoms. The third-order valence-corrected chi connectivity index (χ3v) is 6.05. The van der Waals surface area contributed by atoms with Crippen molar-refractivity contribution in [2.75, 3.05) is 23.7 Å². The fraction of sp³-hybridized carbons (Fsp3) is 0.286. The van der Waals surface area contributed by atoms with Gasteiger partial charge in [-0.2, -0.15) is 0 Å². The van der Waals surface area contributed by atoms with Crippen LogP contribution in [0.1, 0.15) is 29.8 Å². The van der Waals surface area contributed by atoms with Crippen LogP contribution < -0.4 is 10.6 Å². The van der Waals surface area contributed by atoms with E-state index in [1.807, 2.05) is 32.9 Å². The summed E-state index contributed by atoms with van der Waals surface area (Å²) in [5, 5.41) is 5.98. The van der Waals surface area contributed by atoms with Crippen LogP contribution in [0, 0.1) is 6.92 Å². The van der Waals surface area contributed by atoms with Crippen molar-refractivity contribution in [3.63, 3.8) is 0 Å². The van der Waals surface area contributed by atoms with E-state index in [1.54, 1.807) is 24.3 Å². The molecule has 1 heterocycles. The van der Waals surface area contributed by atoms with Gasteiger partial charge >= 0.3 is 0 Å². The fourth-order valence-electron chi connectivity index (χ4n) is 2.94. The van der Waals surface area contributed by atoms with Crippen LogP contribution in [0.3, 0.4) is 0 Å². The fourth-order valence-corrected chi connectivity index (χ4v) is 4.05. The lowest BCUT2D eigenvalue weighted by molar-refractivity contribution is -0.117. The molecule has 0 aromatic heterocycles. The van der Waals surface area contributed by atoms with Gasteiger partial charge in [0.2, 0.25) is 11.8 Å². The first-order valence-corrected chi connectivity index (χ1v) is 10.5. The number of benzene rings is 2. The van der Waals surface area contributed by atoms with E-state index in [0.29, 0.717) is 28.5 Å². The van der Waals surface area contributed by atoms with Crippen LogP contribution in [-0.2, 0) is 9.59 Å². The molecule has 2 aromatic rings. The van der Waals surface area contributed by atoms with Crippen LogP contribution in [0.4, 0.5) is 11.4 Å². The molecule has 3 rings (SSSR count). The van der Waals surface area contributed by atoms with Crippen molar-refractivity contribution in [1.29, 1.82) is 0 Å². The first-order valence-electron chi connectivity index (χ1n) is 9.25. The highest BCUT2D eigenvalue weighted by Gasteiger charge is 2.25. The molecule has 0 spiro atoms. The molecule has 1 aliphatic heterocycles. The lowest BCUT2D eigenvalue weighted by Gasteiger charge is -2.24. The Morgan fingerprint density at radius 1 is 1.24 bits per heavy atom. The van der Waals surface area contributed by atoms with Gasteiger partial charge in [-0.05, 0) is 56.7 Å². The largest absolute Gasteiger partial charge is 0.330 e. The topological polar surface area (TPSA) is 78.5 Å². The van der Waals surface area contributed by atoms with Gasteiger partial charge in [0.15, 0.2) is 0 Å². The van der Waals surface area contributed by atoms with Gasteiger partial charge < -0.3 is 15.5 Å². The number of amides is 3. The molecule has 0 fully saturated rings. The minimum atomic E-state index is -0.304. The predicted octanol–water partition coefficient (Wildman–Crippen LogP) is 4.18. The maximum Gasteiger partial charge on any atom is 0.254 e. The van der Waals surface area contributed by atoms with E-state index in [0.717, 1.165) is 10.5 Å². The molecule has 0 aliphatic carbocycles. The Morgan fingerprint density at radius 2 is 2.00 bits per heavy atom. The summed E-state index contributed by atoms with van der Waals surface area (Å²) in [7, 11) is 0. The van der Waals surface area contributed by atoms with Gasteiger partial charge in [0.25, 0.3) is 5.91 Å². The smallest absolute Gasteiger partial charge is 0.254 e. The summed E-state index contributed by atoms with van der Waals surface area (Å²) in [6.45, 7) is 5.80. The number of carbonyl (C=O) groups excluding carboxylic acids is 3. The van der Waals surface area contributed by atoms with Crippen molar-refractivity contribution in [2.45, 2.75) is 30.9 Å². The number of halogens is 1. The zero-order valence-electron chi connectivity index (χ0n) is 16.4. The normalized spacial score (nSPS) is 15.3. The van der Waals surface area contributed by atoms with E-state index in [1.165, 1.54) is 16.7 Å². The highest BCUT2D eigenvalue weighted by atomic mass is 35.5. The monoisotopic (exact) mass is 431 g/mol. The molecule has 2 aromatic carbocycles. The lowest BCUT2D eigenvalue weighted by Crippen LogP contribution is -2.38. The summed E-state index contributed by atoms with van der Waals surface area (Å²) < 4.78 is 0. The van der Waals surface area contributed by atoms with Gasteiger partial charge in [0.1, 0.15) is 6.54 Å². The number of anilines is 2. The second kappa shape index (κ2) is 8.88. The zero-order chi connectivity index (χ0) is 21.1. The molecule has 0 bridgehead atoms. The number of thioether (sulfide) groups is 1. The highest BCUT2D eigenvalue weighted by molar-refractivity contribution is 8.00.